The van der Waals surface area contributed by atoms with Crippen LogP contribution in [0.3, 0.4) is 0 Å². The molecule has 21 heavy (non-hydrogen) atoms. The Morgan fingerprint density at radius 2 is 2.14 bits per heavy atom. The van der Waals surface area contributed by atoms with E-state index < -0.39 is 0 Å². The van der Waals surface area contributed by atoms with Crippen LogP contribution in [0.5, 0.6) is 0 Å². The Balaban J connectivity index is 1.62. The minimum atomic E-state index is -0.0837. The molecule has 3 atom stereocenters. The number of carbonyl (C=O) groups excluding carboxylic acids is 2. The molecule has 1 saturated carbocycles. The average molecular weight is 287 g/mol. The van der Waals surface area contributed by atoms with Crippen LogP contribution in [0.2, 0.25) is 0 Å². The number of anilines is 1. The second-order valence-electron chi connectivity index (χ2n) is 6.05. The first-order valence-corrected chi connectivity index (χ1v) is 7.56. The molecule has 5 heteroatoms. The van der Waals surface area contributed by atoms with Crippen molar-refractivity contribution in [3.63, 3.8) is 0 Å². The van der Waals surface area contributed by atoms with Gasteiger partial charge in [-0.15, -0.1) is 0 Å². The summed E-state index contributed by atoms with van der Waals surface area (Å²) in [6, 6.07) is 7.32. The average Bonchev–Trinajstić information content (AvgIpc) is 2.98. The third kappa shape index (κ3) is 3.42. The summed E-state index contributed by atoms with van der Waals surface area (Å²) in [7, 11) is 0. The summed E-state index contributed by atoms with van der Waals surface area (Å²) < 4.78 is 0. The molecule has 2 amide bonds. The third-order valence-electron chi connectivity index (χ3n) is 4.23. The second-order valence-corrected chi connectivity index (χ2v) is 6.05. The van der Waals surface area contributed by atoms with Crippen LogP contribution in [-0.4, -0.2) is 30.9 Å². The van der Waals surface area contributed by atoms with Gasteiger partial charge in [-0.1, -0.05) is 13.0 Å². The SMILES string of the molecule is CC1CC1C(=O)Nc1cccc(C(=O)NC2CCNC2)c1. The Morgan fingerprint density at radius 3 is 2.81 bits per heavy atom. The van der Waals surface area contributed by atoms with E-state index in [1.54, 1.807) is 18.2 Å². The lowest BCUT2D eigenvalue weighted by molar-refractivity contribution is -0.117. The van der Waals surface area contributed by atoms with Crippen molar-refractivity contribution in [2.45, 2.75) is 25.8 Å². The van der Waals surface area contributed by atoms with Crippen LogP contribution in [0.25, 0.3) is 0 Å². The fourth-order valence-corrected chi connectivity index (χ4v) is 2.71. The van der Waals surface area contributed by atoms with Crippen molar-refractivity contribution in [3.05, 3.63) is 29.8 Å². The lowest BCUT2D eigenvalue weighted by atomic mass is 10.1. The number of amides is 2. The van der Waals surface area contributed by atoms with Crippen molar-refractivity contribution < 1.29 is 9.59 Å². The minimum absolute atomic E-state index is 0.0556. The summed E-state index contributed by atoms with van der Waals surface area (Å²) in [6.07, 6.45) is 1.92. The number of nitrogens with one attached hydrogen (secondary N) is 3. The first-order valence-electron chi connectivity index (χ1n) is 7.56. The highest BCUT2D eigenvalue weighted by Gasteiger charge is 2.39. The van der Waals surface area contributed by atoms with Crippen LogP contribution in [-0.2, 0) is 4.79 Å². The van der Waals surface area contributed by atoms with Gasteiger partial charge in [0.15, 0.2) is 0 Å². The van der Waals surface area contributed by atoms with E-state index in [1.807, 2.05) is 6.07 Å². The maximum atomic E-state index is 12.2. The van der Waals surface area contributed by atoms with E-state index >= 15 is 0 Å². The van der Waals surface area contributed by atoms with E-state index in [9.17, 15) is 9.59 Å². The van der Waals surface area contributed by atoms with Gasteiger partial charge in [0, 0.05) is 29.8 Å². The minimum Gasteiger partial charge on any atom is -0.348 e. The number of carbonyl (C=O) groups is 2. The van der Waals surface area contributed by atoms with E-state index in [-0.39, 0.29) is 23.8 Å². The highest BCUT2D eigenvalue weighted by Crippen LogP contribution is 2.38. The van der Waals surface area contributed by atoms with E-state index in [1.165, 1.54) is 0 Å². The van der Waals surface area contributed by atoms with Crippen molar-refractivity contribution in [2.75, 3.05) is 18.4 Å². The molecule has 3 unspecified atom stereocenters. The molecule has 1 aromatic rings. The highest BCUT2D eigenvalue weighted by molar-refractivity contribution is 5.98. The van der Waals surface area contributed by atoms with E-state index in [2.05, 4.69) is 22.9 Å². The van der Waals surface area contributed by atoms with E-state index in [0.717, 1.165) is 25.9 Å². The van der Waals surface area contributed by atoms with Gasteiger partial charge in [0.25, 0.3) is 5.91 Å². The predicted octanol–water partition coefficient (Wildman–Crippen LogP) is 1.37. The molecule has 3 N–H and O–H groups in total. The Bertz CT molecular complexity index is 552. The lowest BCUT2D eigenvalue weighted by Gasteiger charge is -2.12. The molecule has 2 fully saturated rings. The molecule has 1 heterocycles. The van der Waals surface area contributed by atoms with Gasteiger partial charge in [-0.05, 0) is 43.5 Å². The predicted molar refractivity (Wildman–Crippen MR) is 81.1 cm³/mol. The maximum absolute atomic E-state index is 12.2. The van der Waals surface area contributed by atoms with Crippen LogP contribution < -0.4 is 16.0 Å². The fraction of sp³-hybridized carbons (Fsp3) is 0.500. The standard InChI is InChI=1S/C16H21N3O2/c1-10-7-14(10)16(21)18-12-4-2-3-11(8-12)15(20)19-13-5-6-17-9-13/h2-4,8,10,13-14,17H,5-7,9H2,1H3,(H,18,21)(H,19,20). The quantitative estimate of drug-likeness (QED) is 0.783. The number of hydrogen-bond acceptors (Lipinski definition) is 3. The van der Waals surface area contributed by atoms with Crippen LogP contribution >= 0.6 is 0 Å². The van der Waals surface area contributed by atoms with Crippen molar-refractivity contribution >= 4 is 17.5 Å². The zero-order chi connectivity index (χ0) is 14.8. The Labute approximate surface area is 124 Å². The molecular weight excluding hydrogens is 266 g/mol. The molecule has 2 aliphatic rings. The molecule has 3 rings (SSSR count). The molecule has 112 valence electrons. The van der Waals surface area contributed by atoms with E-state index in [0.29, 0.717) is 17.2 Å². The summed E-state index contributed by atoms with van der Waals surface area (Å²) in [5.74, 6) is 0.582. The van der Waals surface area contributed by atoms with Crippen LogP contribution in [0.15, 0.2) is 24.3 Å². The summed E-state index contributed by atoms with van der Waals surface area (Å²) in [6.45, 7) is 3.84. The second kappa shape index (κ2) is 5.85. The number of benzene rings is 1. The first kappa shape index (κ1) is 14.1. The van der Waals surface area contributed by atoms with Gasteiger partial charge in [0.2, 0.25) is 5.91 Å². The molecule has 0 aromatic heterocycles. The molecule has 1 aromatic carbocycles. The topological polar surface area (TPSA) is 70.2 Å². The summed E-state index contributed by atoms with van der Waals surface area (Å²) in [4.78, 5) is 24.1. The van der Waals surface area contributed by atoms with Gasteiger partial charge in [-0.3, -0.25) is 9.59 Å². The van der Waals surface area contributed by atoms with Crippen LogP contribution in [0, 0.1) is 11.8 Å². The van der Waals surface area contributed by atoms with Crippen molar-refractivity contribution in [2.24, 2.45) is 11.8 Å². The van der Waals surface area contributed by atoms with Crippen molar-refractivity contribution in [1.29, 1.82) is 0 Å². The van der Waals surface area contributed by atoms with Gasteiger partial charge in [0.1, 0.15) is 0 Å². The third-order valence-corrected chi connectivity index (χ3v) is 4.23. The molecule has 0 spiro atoms. The van der Waals surface area contributed by atoms with Crippen molar-refractivity contribution in [1.82, 2.24) is 10.6 Å². The van der Waals surface area contributed by atoms with Crippen LogP contribution in [0.1, 0.15) is 30.1 Å². The summed E-state index contributed by atoms with van der Waals surface area (Å²) >= 11 is 0. The molecule has 0 radical (unpaired) electrons. The monoisotopic (exact) mass is 287 g/mol. The lowest BCUT2D eigenvalue weighted by Crippen LogP contribution is -2.36. The highest BCUT2D eigenvalue weighted by atomic mass is 16.2. The number of rotatable bonds is 4. The van der Waals surface area contributed by atoms with Gasteiger partial charge in [0.05, 0.1) is 0 Å². The summed E-state index contributed by atoms with van der Waals surface area (Å²) in [5, 5.41) is 9.11. The van der Waals surface area contributed by atoms with Crippen molar-refractivity contribution in [3.8, 4) is 0 Å². The largest absolute Gasteiger partial charge is 0.348 e. The Hall–Kier alpha value is -1.88. The molecule has 0 bridgehead atoms. The van der Waals surface area contributed by atoms with Gasteiger partial charge < -0.3 is 16.0 Å². The zero-order valence-corrected chi connectivity index (χ0v) is 12.2. The normalized spacial score (nSPS) is 27.2. The zero-order valence-electron chi connectivity index (χ0n) is 12.2. The Morgan fingerprint density at radius 1 is 1.33 bits per heavy atom. The molecule has 1 aliphatic carbocycles. The Kier molecular flexibility index (Phi) is 3.92. The van der Waals surface area contributed by atoms with Crippen LogP contribution in [0.4, 0.5) is 5.69 Å². The summed E-state index contributed by atoms with van der Waals surface area (Å²) in [5.41, 5.74) is 1.28. The molecule has 1 saturated heterocycles. The van der Waals surface area contributed by atoms with E-state index in [4.69, 9.17) is 0 Å². The maximum Gasteiger partial charge on any atom is 0.251 e. The number of hydrogen-bond donors (Lipinski definition) is 3. The molecule has 1 aliphatic heterocycles. The van der Waals surface area contributed by atoms with Gasteiger partial charge in [-0.25, -0.2) is 0 Å². The smallest absolute Gasteiger partial charge is 0.251 e. The fourth-order valence-electron chi connectivity index (χ4n) is 2.71. The molecule has 5 nitrogen and oxygen atoms in total. The van der Waals surface area contributed by atoms with Gasteiger partial charge >= 0.3 is 0 Å². The first-order chi connectivity index (χ1) is 10.1. The molecular formula is C16H21N3O2. The van der Waals surface area contributed by atoms with Gasteiger partial charge in [-0.2, -0.15) is 0 Å².